The van der Waals surface area contributed by atoms with Crippen molar-refractivity contribution < 1.29 is 4.79 Å². The van der Waals surface area contributed by atoms with Gasteiger partial charge < -0.3 is 9.88 Å². The lowest BCUT2D eigenvalue weighted by Gasteiger charge is -2.09. The van der Waals surface area contributed by atoms with Gasteiger partial charge in [-0.3, -0.25) is 4.79 Å². The first-order valence-electron chi connectivity index (χ1n) is 4.43. The summed E-state index contributed by atoms with van der Waals surface area (Å²) in [5, 5.41) is 2.90. The van der Waals surface area contributed by atoms with E-state index >= 15 is 0 Å². The van der Waals surface area contributed by atoms with Gasteiger partial charge in [-0.2, -0.15) is 0 Å². The number of carbonyl (C=O) groups is 1. The van der Waals surface area contributed by atoms with Crippen molar-refractivity contribution in [2.75, 3.05) is 7.05 Å². The predicted molar refractivity (Wildman–Crippen MR) is 50.8 cm³/mol. The summed E-state index contributed by atoms with van der Waals surface area (Å²) < 4.78 is 1.84. The highest BCUT2D eigenvalue weighted by Crippen LogP contribution is 2.01. The molecular weight excluding hydrogens is 166 g/mol. The third-order valence-corrected chi connectivity index (χ3v) is 2.10. The summed E-state index contributed by atoms with van der Waals surface area (Å²) in [6, 6.07) is -0.173. The highest BCUT2D eigenvalue weighted by Gasteiger charge is 2.17. The Morgan fingerprint density at radius 1 is 1.77 bits per heavy atom. The van der Waals surface area contributed by atoms with Crippen LogP contribution in [0.1, 0.15) is 24.5 Å². The van der Waals surface area contributed by atoms with Crippen molar-refractivity contribution in [3.05, 3.63) is 18.2 Å². The number of aryl methyl sites for hydroxylation is 1. The van der Waals surface area contributed by atoms with Crippen LogP contribution in [0.3, 0.4) is 0 Å². The number of carbonyl (C=O) groups excluding carboxylic acids is 1. The van der Waals surface area contributed by atoms with E-state index in [2.05, 4.69) is 10.3 Å². The lowest BCUT2D eigenvalue weighted by Crippen LogP contribution is -2.32. The van der Waals surface area contributed by atoms with Crippen molar-refractivity contribution in [2.24, 2.45) is 0 Å². The van der Waals surface area contributed by atoms with Gasteiger partial charge in [0.05, 0.1) is 6.04 Å². The number of rotatable bonds is 4. The maximum atomic E-state index is 11.7. The van der Waals surface area contributed by atoms with Crippen LogP contribution in [0, 0.1) is 0 Å². The first-order valence-corrected chi connectivity index (χ1v) is 4.43. The minimum atomic E-state index is -0.173. The monoisotopic (exact) mass is 181 g/mol. The molecule has 13 heavy (non-hydrogen) atoms. The van der Waals surface area contributed by atoms with Crippen LogP contribution < -0.4 is 5.32 Å². The molecule has 4 nitrogen and oxygen atoms in total. The number of Topliss-reactive ketones (excluding diaryl/α,β-unsaturated/α-hetero) is 1. The van der Waals surface area contributed by atoms with Crippen molar-refractivity contribution >= 4 is 5.78 Å². The van der Waals surface area contributed by atoms with E-state index in [1.807, 2.05) is 24.6 Å². The largest absolute Gasteiger partial charge is 0.329 e. The Morgan fingerprint density at radius 3 is 3.00 bits per heavy atom. The second kappa shape index (κ2) is 4.18. The van der Waals surface area contributed by atoms with Gasteiger partial charge in [0.2, 0.25) is 5.78 Å². The fourth-order valence-electron chi connectivity index (χ4n) is 1.11. The summed E-state index contributed by atoms with van der Waals surface area (Å²) in [7, 11) is 1.77. The zero-order chi connectivity index (χ0) is 9.84. The molecule has 1 aromatic heterocycles. The van der Waals surface area contributed by atoms with E-state index in [0.29, 0.717) is 5.82 Å². The number of hydrogen-bond donors (Lipinski definition) is 1. The fraction of sp³-hybridized carbons (Fsp3) is 0.556. The van der Waals surface area contributed by atoms with E-state index in [9.17, 15) is 4.79 Å². The minimum absolute atomic E-state index is 0.0364. The third kappa shape index (κ3) is 1.95. The Balaban J connectivity index is 2.88. The lowest BCUT2D eigenvalue weighted by atomic mass is 10.2. The molecule has 0 radical (unpaired) electrons. The number of imidazole rings is 1. The van der Waals surface area contributed by atoms with Gasteiger partial charge in [-0.05, 0) is 20.9 Å². The highest BCUT2D eigenvalue weighted by molar-refractivity contribution is 5.96. The summed E-state index contributed by atoms with van der Waals surface area (Å²) >= 11 is 0. The SMILES string of the molecule is CCn1ccnc1C(=O)C(C)NC. The van der Waals surface area contributed by atoms with Crippen LogP contribution in [0.5, 0.6) is 0 Å². The van der Waals surface area contributed by atoms with E-state index < -0.39 is 0 Å². The van der Waals surface area contributed by atoms with Crippen LogP contribution in [-0.2, 0) is 6.54 Å². The van der Waals surface area contributed by atoms with Crippen molar-refractivity contribution in [3.8, 4) is 0 Å². The molecular formula is C9H15N3O. The van der Waals surface area contributed by atoms with Gasteiger partial charge >= 0.3 is 0 Å². The Hall–Kier alpha value is -1.16. The Bertz CT molecular complexity index is 293. The van der Waals surface area contributed by atoms with Gasteiger partial charge in [0.15, 0.2) is 5.82 Å². The number of aromatic nitrogens is 2. The van der Waals surface area contributed by atoms with Crippen LogP contribution in [0.4, 0.5) is 0 Å². The molecule has 0 fully saturated rings. The van der Waals surface area contributed by atoms with Gasteiger partial charge in [-0.1, -0.05) is 0 Å². The highest BCUT2D eigenvalue weighted by atomic mass is 16.1. The zero-order valence-electron chi connectivity index (χ0n) is 8.24. The van der Waals surface area contributed by atoms with Crippen molar-refractivity contribution in [1.82, 2.24) is 14.9 Å². The van der Waals surface area contributed by atoms with Crippen LogP contribution in [0.25, 0.3) is 0 Å². The number of likely N-dealkylation sites (N-methyl/N-ethyl adjacent to an activating group) is 1. The zero-order valence-corrected chi connectivity index (χ0v) is 8.24. The summed E-state index contributed by atoms with van der Waals surface area (Å²) in [5.74, 6) is 0.568. The number of nitrogens with zero attached hydrogens (tertiary/aromatic N) is 2. The van der Waals surface area contributed by atoms with Gasteiger partial charge in [0.25, 0.3) is 0 Å². The van der Waals surface area contributed by atoms with Gasteiger partial charge in [0.1, 0.15) is 0 Å². The molecule has 0 amide bonds. The fourth-order valence-corrected chi connectivity index (χ4v) is 1.11. The Kier molecular flexibility index (Phi) is 3.19. The smallest absolute Gasteiger partial charge is 0.214 e. The topological polar surface area (TPSA) is 46.9 Å². The Labute approximate surface area is 78.0 Å². The molecule has 0 spiro atoms. The predicted octanol–water partition coefficient (Wildman–Crippen LogP) is 0.694. The average molecular weight is 181 g/mol. The summed E-state index contributed by atoms with van der Waals surface area (Å²) in [6.45, 7) is 4.59. The number of ketones is 1. The van der Waals surface area contributed by atoms with E-state index in [-0.39, 0.29) is 11.8 Å². The van der Waals surface area contributed by atoms with E-state index in [1.54, 1.807) is 13.2 Å². The molecule has 0 bridgehead atoms. The molecule has 4 heteroatoms. The number of hydrogen-bond acceptors (Lipinski definition) is 3. The normalized spacial score (nSPS) is 12.8. The van der Waals surface area contributed by atoms with Crippen LogP contribution >= 0.6 is 0 Å². The molecule has 1 atom stereocenters. The summed E-state index contributed by atoms with van der Waals surface area (Å²) in [6.07, 6.45) is 3.47. The molecule has 72 valence electrons. The van der Waals surface area contributed by atoms with Gasteiger partial charge in [-0.25, -0.2) is 4.98 Å². The second-order valence-electron chi connectivity index (χ2n) is 2.91. The van der Waals surface area contributed by atoms with Crippen molar-refractivity contribution in [1.29, 1.82) is 0 Å². The molecule has 0 aliphatic carbocycles. The summed E-state index contributed by atoms with van der Waals surface area (Å²) in [5.41, 5.74) is 0. The molecule has 1 rings (SSSR count). The maximum absolute atomic E-state index is 11.7. The molecule has 0 aromatic carbocycles. The van der Waals surface area contributed by atoms with Crippen LogP contribution in [0.15, 0.2) is 12.4 Å². The molecule has 1 N–H and O–H groups in total. The van der Waals surface area contributed by atoms with E-state index in [1.165, 1.54) is 0 Å². The first-order chi connectivity index (χ1) is 6.20. The molecule has 0 saturated carbocycles. The van der Waals surface area contributed by atoms with Crippen molar-refractivity contribution in [3.63, 3.8) is 0 Å². The van der Waals surface area contributed by atoms with E-state index in [4.69, 9.17) is 0 Å². The molecule has 1 heterocycles. The van der Waals surface area contributed by atoms with Gasteiger partial charge in [-0.15, -0.1) is 0 Å². The molecule has 0 aliphatic rings. The molecule has 1 unspecified atom stereocenters. The standard InChI is InChI=1S/C9H15N3O/c1-4-12-6-5-11-9(12)8(13)7(2)10-3/h5-7,10H,4H2,1-3H3. The molecule has 0 saturated heterocycles. The maximum Gasteiger partial charge on any atom is 0.214 e. The minimum Gasteiger partial charge on any atom is -0.329 e. The third-order valence-electron chi connectivity index (χ3n) is 2.10. The van der Waals surface area contributed by atoms with E-state index in [0.717, 1.165) is 6.54 Å². The first kappa shape index (κ1) is 9.92. The van der Waals surface area contributed by atoms with Crippen LogP contribution in [-0.4, -0.2) is 28.4 Å². The lowest BCUT2D eigenvalue weighted by molar-refractivity contribution is 0.0940. The Morgan fingerprint density at radius 2 is 2.46 bits per heavy atom. The van der Waals surface area contributed by atoms with Crippen LogP contribution in [0.2, 0.25) is 0 Å². The number of nitrogens with one attached hydrogen (secondary N) is 1. The summed E-state index contributed by atoms with van der Waals surface area (Å²) in [4.78, 5) is 15.7. The second-order valence-corrected chi connectivity index (χ2v) is 2.91. The molecule has 1 aromatic rings. The van der Waals surface area contributed by atoms with Crippen molar-refractivity contribution in [2.45, 2.75) is 26.4 Å². The molecule has 0 aliphatic heterocycles. The van der Waals surface area contributed by atoms with Gasteiger partial charge in [0, 0.05) is 18.9 Å². The average Bonchev–Trinajstić information content (AvgIpc) is 2.62. The quantitative estimate of drug-likeness (QED) is 0.695.